The van der Waals surface area contributed by atoms with E-state index >= 15 is 0 Å². The van der Waals surface area contributed by atoms with Gasteiger partial charge in [-0.2, -0.15) is 12.6 Å². The smallest absolute Gasteiger partial charge is 0.242 e. The second kappa shape index (κ2) is 15.0. The van der Waals surface area contributed by atoms with Crippen molar-refractivity contribution >= 4 is 30.4 Å². The molecule has 8 heteroatoms. The number of thiol groups is 1. The topological polar surface area (TPSA) is 111 Å². The van der Waals surface area contributed by atoms with E-state index in [2.05, 4.69) is 35.1 Å². The molecule has 0 aromatic heterocycles. The standard InChI is InChI=1S/C29H37N5O2S/c30-29(31)34-17-6-9-25(21-34)20-27(35)33-26(28(36)32-16-4-5-18-37)19-24-14-12-23(13-15-24)11-10-22-7-2-1-3-8-22/h1-3,7-8,12-15,25-26,37H,4-6,9,16-21H2,(H3,30,31)(H,32,36)(H,33,35)/t25-,26+/m1/s1. The molecule has 1 aliphatic rings. The fraction of sp³-hybridized carbons (Fsp3) is 0.414. The predicted octanol–water partition coefficient (Wildman–Crippen LogP) is 2.94. The third-order valence-electron chi connectivity index (χ3n) is 6.39. The number of amides is 2. The molecule has 2 aromatic carbocycles. The average Bonchev–Trinajstić information content (AvgIpc) is 2.91. The molecule has 1 aliphatic heterocycles. The third kappa shape index (κ3) is 9.85. The first-order valence-corrected chi connectivity index (χ1v) is 13.5. The number of guanidine groups is 1. The van der Waals surface area contributed by atoms with Crippen LogP contribution in [0.3, 0.4) is 0 Å². The Labute approximate surface area is 225 Å². The van der Waals surface area contributed by atoms with E-state index in [1.54, 1.807) is 4.90 Å². The fourth-order valence-electron chi connectivity index (χ4n) is 4.37. The molecular formula is C29H37N5O2S. The lowest BCUT2D eigenvalue weighted by atomic mass is 9.94. The van der Waals surface area contributed by atoms with Crippen LogP contribution in [-0.2, 0) is 16.0 Å². The molecule has 3 rings (SSSR count). The number of nitrogens with zero attached hydrogens (tertiary/aromatic N) is 1. The van der Waals surface area contributed by atoms with Gasteiger partial charge in [0.25, 0.3) is 0 Å². The second-order valence-electron chi connectivity index (χ2n) is 9.40. The largest absolute Gasteiger partial charge is 0.370 e. The summed E-state index contributed by atoms with van der Waals surface area (Å²) in [4.78, 5) is 27.7. The van der Waals surface area contributed by atoms with Gasteiger partial charge in [0.1, 0.15) is 6.04 Å². The Balaban J connectivity index is 1.62. The lowest BCUT2D eigenvalue weighted by Crippen LogP contribution is -2.49. The van der Waals surface area contributed by atoms with Crippen LogP contribution in [0.5, 0.6) is 0 Å². The van der Waals surface area contributed by atoms with E-state index in [1.165, 1.54) is 0 Å². The molecule has 0 saturated carbocycles. The van der Waals surface area contributed by atoms with Crippen molar-refractivity contribution in [1.29, 1.82) is 5.41 Å². The minimum Gasteiger partial charge on any atom is -0.370 e. The van der Waals surface area contributed by atoms with Gasteiger partial charge in [0, 0.05) is 43.6 Å². The molecule has 37 heavy (non-hydrogen) atoms. The Hall–Kier alpha value is -3.44. The van der Waals surface area contributed by atoms with Gasteiger partial charge in [-0.3, -0.25) is 15.0 Å². The lowest BCUT2D eigenvalue weighted by Gasteiger charge is -2.32. The van der Waals surface area contributed by atoms with Gasteiger partial charge >= 0.3 is 0 Å². The van der Waals surface area contributed by atoms with Gasteiger partial charge in [0.05, 0.1) is 0 Å². The average molecular weight is 520 g/mol. The number of carbonyl (C=O) groups excluding carboxylic acids is 2. The zero-order valence-corrected chi connectivity index (χ0v) is 22.1. The van der Waals surface area contributed by atoms with Crippen molar-refractivity contribution < 1.29 is 9.59 Å². The number of nitrogens with one attached hydrogen (secondary N) is 3. The summed E-state index contributed by atoms with van der Waals surface area (Å²) in [6.07, 6.45) is 4.26. The van der Waals surface area contributed by atoms with Crippen molar-refractivity contribution in [2.75, 3.05) is 25.4 Å². The van der Waals surface area contributed by atoms with Crippen LogP contribution in [0.2, 0.25) is 0 Å². The second-order valence-corrected chi connectivity index (χ2v) is 9.85. The van der Waals surface area contributed by atoms with Crippen LogP contribution >= 0.6 is 12.6 Å². The SMILES string of the molecule is N=C(N)N1CCC[C@H](CC(=O)N[C@@H](Cc2ccc(C#Cc3ccccc3)cc2)C(=O)NCCCCS)C1. The van der Waals surface area contributed by atoms with Crippen LogP contribution in [0, 0.1) is 23.2 Å². The number of benzene rings is 2. The van der Waals surface area contributed by atoms with Crippen molar-refractivity contribution in [3.05, 3.63) is 71.3 Å². The van der Waals surface area contributed by atoms with Gasteiger partial charge in [-0.25, -0.2) is 0 Å². The number of nitrogens with two attached hydrogens (primary N) is 1. The van der Waals surface area contributed by atoms with Gasteiger partial charge in [-0.05, 0) is 67.2 Å². The number of rotatable bonds is 10. The van der Waals surface area contributed by atoms with Gasteiger partial charge in [0.15, 0.2) is 5.96 Å². The van der Waals surface area contributed by atoms with Crippen LogP contribution in [0.1, 0.15) is 48.8 Å². The summed E-state index contributed by atoms with van der Waals surface area (Å²) in [6, 6.07) is 16.9. The van der Waals surface area contributed by atoms with E-state index in [0.717, 1.165) is 54.7 Å². The third-order valence-corrected chi connectivity index (χ3v) is 6.70. The number of hydrogen-bond acceptors (Lipinski definition) is 4. The first-order chi connectivity index (χ1) is 17.9. The molecule has 7 nitrogen and oxygen atoms in total. The normalized spacial score (nSPS) is 15.7. The van der Waals surface area contributed by atoms with Gasteiger partial charge in [-0.15, -0.1) is 0 Å². The Morgan fingerprint density at radius 1 is 1.08 bits per heavy atom. The highest BCUT2D eigenvalue weighted by Crippen LogP contribution is 2.19. The molecule has 2 atom stereocenters. The summed E-state index contributed by atoms with van der Waals surface area (Å²) in [5.74, 6) is 6.89. The van der Waals surface area contributed by atoms with E-state index in [0.29, 0.717) is 25.9 Å². The van der Waals surface area contributed by atoms with Gasteiger partial charge in [-0.1, -0.05) is 42.2 Å². The highest BCUT2D eigenvalue weighted by Gasteiger charge is 2.26. The first-order valence-electron chi connectivity index (χ1n) is 12.9. The van der Waals surface area contributed by atoms with E-state index < -0.39 is 6.04 Å². The quantitative estimate of drug-likeness (QED) is 0.109. The van der Waals surface area contributed by atoms with Crippen molar-refractivity contribution in [3.63, 3.8) is 0 Å². The maximum Gasteiger partial charge on any atom is 0.242 e. The minimum absolute atomic E-state index is 0.0421. The van der Waals surface area contributed by atoms with Crippen molar-refractivity contribution in [2.45, 2.75) is 44.6 Å². The van der Waals surface area contributed by atoms with Gasteiger partial charge < -0.3 is 21.3 Å². The molecule has 1 saturated heterocycles. The molecule has 0 spiro atoms. The van der Waals surface area contributed by atoms with Crippen molar-refractivity contribution in [2.24, 2.45) is 11.7 Å². The summed E-state index contributed by atoms with van der Waals surface area (Å²) in [7, 11) is 0. The van der Waals surface area contributed by atoms with Crippen LogP contribution in [0.25, 0.3) is 0 Å². The van der Waals surface area contributed by atoms with Crippen LogP contribution in [0.4, 0.5) is 0 Å². The van der Waals surface area contributed by atoms with Crippen LogP contribution < -0.4 is 16.4 Å². The number of unbranched alkanes of at least 4 members (excludes halogenated alkanes) is 1. The number of likely N-dealkylation sites (tertiary alicyclic amines) is 1. The Kier molecular flexibility index (Phi) is 11.4. The molecule has 1 fully saturated rings. The minimum atomic E-state index is -0.669. The number of piperidine rings is 1. The van der Waals surface area contributed by atoms with E-state index in [1.807, 2.05) is 54.6 Å². The zero-order valence-electron chi connectivity index (χ0n) is 21.2. The molecule has 0 radical (unpaired) electrons. The Morgan fingerprint density at radius 2 is 1.78 bits per heavy atom. The first kappa shape index (κ1) is 28.1. The molecule has 0 unspecified atom stereocenters. The zero-order chi connectivity index (χ0) is 26.5. The number of carbonyl (C=O) groups is 2. The lowest BCUT2D eigenvalue weighted by molar-refractivity contribution is -0.129. The van der Waals surface area contributed by atoms with Crippen LogP contribution in [-0.4, -0.2) is 54.1 Å². The van der Waals surface area contributed by atoms with Crippen LogP contribution in [0.15, 0.2) is 54.6 Å². The fourth-order valence-corrected chi connectivity index (χ4v) is 4.60. The molecule has 0 bridgehead atoms. The Bertz CT molecular complexity index is 1090. The summed E-state index contributed by atoms with van der Waals surface area (Å²) in [6.45, 7) is 1.89. The molecule has 0 aliphatic carbocycles. The summed E-state index contributed by atoms with van der Waals surface area (Å²) in [5.41, 5.74) is 8.42. The maximum absolute atomic E-state index is 13.0. The summed E-state index contributed by atoms with van der Waals surface area (Å²) < 4.78 is 0. The highest BCUT2D eigenvalue weighted by atomic mass is 32.1. The van der Waals surface area contributed by atoms with E-state index in [4.69, 9.17) is 11.1 Å². The predicted molar refractivity (Wildman–Crippen MR) is 151 cm³/mol. The molecule has 2 aromatic rings. The van der Waals surface area contributed by atoms with Gasteiger partial charge in [0.2, 0.25) is 11.8 Å². The number of hydrogen-bond donors (Lipinski definition) is 5. The maximum atomic E-state index is 13.0. The monoisotopic (exact) mass is 519 g/mol. The Morgan fingerprint density at radius 3 is 2.46 bits per heavy atom. The summed E-state index contributed by atoms with van der Waals surface area (Å²) in [5, 5.41) is 13.6. The molecule has 5 N–H and O–H groups in total. The van der Waals surface area contributed by atoms with Crippen molar-refractivity contribution in [1.82, 2.24) is 15.5 Å². The van der Waals surface area contributed by atoms with E-state index in [9.17, 15) is 9.59 Å². The molecule has 196 valence electrons. The van der Waals surface area contributed by atoms with E-state index in [-0.39, 0.29) is 23.7 Å². The highest BCUT2D eigenvalue weighted by molar-refractivity contribution is 7.80. The molecular weight excluding hydrogens is 482 g/mol. The van der Waals surface area contributed by atoms with Crippen molar-refractivity contribution in [3.8, 4) is 11.8 Å². The molecule has 1 heterocycles. The molecule has 2 amide bonds. The summed E-state index contributed by atoms with van der Waals surface area (Å²) >= 11 is 4.22.